The maximum atomic E-state index is 7.05. The Morgan fingerprint density at radius 1 is 1.21 bits per heavy atom. The molecule has 1 aliphatic carbocycles. The SMILES string of the molecule is N=C(N)OC1CCN(C2CCC2)CC1. The lowest BCUT2D eigenvalue weighted by Gasteiger charge is -2.41. The highest BCUT2D eigenvalue weighted by atomic mass is 16.5. The highest BCUT2D eigenvalue weighted by molar-refractivity contribution is 5.67. The van der Waals surface area contributed by atoms with Crippen molar-refractivity contribution < 1.29 is 4.74 Å². The van der Waals surface area contributed by atoms with Gasteiger partial charge in [0.15, 0.2) is 0 Å². The first-order valence-electron chi connectivity index (χ1n) is 5.50. The molecule has 0 aromatic rings. The van der Waals surface area contributed by atoms with Crippen LogP contribution in [0.1, 0.15) is 32.1 Å². The van der Waals surface area contributed by atoms with Crippen molar-refractivity contribution >= 4 is 6.02 Å². The van der Waals surface area contributed by atoms with Gasteiger partial charge in [0.2, 0.25) is 0 Å². The minimum Gasteiger partial charge on any atom is -0.462 e. The monoisotopic (exact) mass is 197 g/mol. The van der Waals surface area contributed by atoms with E-state index in [4.69, 9.17) is 15.9 Å². The molecular formula is C10H19N3O. The fourth-order valence-electron chi connectivity index (χ4n) is 2.29. The molecule has 4 heteroatoms. The molecule has 1 aliphatic heterocycles. The number of piperidine rings is 1. The second-order valence-electron chi connectivity index (χ2n) is 4.30. The van der Waals surface area contributed by atoms with Gasteiger partial charge in [0.05, 0.1) is 0 Å². The topological polar surface area (TPSA) is 62.3 Å². The smallest absolute Gasteiger partial charge is 0.279 e. The van der Waals surface area contributed by atoms with Crippen molar-refractivity contribution in [1.29, 1.82) is 5.41 Å². The van der Waals surface area contributed by atoms with Crippen molar-refractivity contribution in [3.05, 3.63) is 0 Å². The number of nitrogens with one attached hydrogen (secondary N) is 1. The van der Waals surface area contributed by atoms with Crippen LogP contribution < -0.4 is 5.73 Å². The van der Waals surface area contributed by atoms with Gasteiger partial charge in [-0.1, -0.05) is 6.42 Å². The molecule has 0 radical (unpaired) electrons. The number of nitrogens with two attached hydrogens (primary N) is 1. The van der Waals surface area contributed by atoms with E-state index in [1.54, 1.807) is 0 Å². The maximum absolute atomic E-state index is 7.05. The number of hydrogen-bond donors (Lipinski definition) is 2. The van der Waals surface area contributed by atoms with Gasteiger partial charge in [-0.25, -0.2) is 0 Å². The lowest BCUT2D eigenvalue weighted by Crippen LogP contribution is -2.46. The zero-order chi connectivity index (χ0) is 9.97. The van der Waals surface area contributed by atoms with Crippen LogP contribution in [0.25, 0.3) is 0 Å². The summed E-state index contributed by atoms with van der Waals surface area (Å²) in [4.78, 5) is 2.56. The summed E-state index contributed by atoms with van der Waals surface area (Å²) >= 11 is 0. The predicted octanol–water partition coefficient (Wildman–Crippen LogP) is 0.913. The van der Waals surface area contributed by atoms with Crippen LogP contribution in [0.3, 0.4) is 0 Å². The van der Waals surface area contributed by atoms with E-state index in [0.717, 1.165) is 32.0 Å². The van der Waals surface area contributed by atoms with Crippen molar-refractivity contribution in [2.24, 2.45) is 5.73 Å². The molecule has 0 atom stereocenters. The first-order valence-corrected chi connectivity index (χ1v) is 5.50. The summed E-state index contributed by atoms with van der Waals surface area (Å²) in [5.41, 5.74) is 5.20. The molecule has 0 unspecified atom stereocenters. The number of likely N-dealkylation sites (tertiary alicyclic amines) is 1. The average molecular weight is 197 g/mol. The maximum Gasteiger partial charge on any atom is 0.279 e. The largest absolute Gasteiger partial charge is 0.462 e. The summed E-state index contributed by atoms with van der Waals surface area (Å²) in [6.07, 6.45) is 6.38. The molecule has 0 aromatic carbocycles. The third kappa shape index (κ3) is 2.18. The normalized spacial score (nSPS) is 25.7. The molecule has 2 fully saturated rings. The van der Waals surface area contributed by atoms with Crippen molar-refractivity contribution in [3.8, 4) is 0 Å². The van der Waals surface area contributed by atoms with Gasteiger partial charge in [-0.15, -0.1) is 0 Å². The third-order valence-corrected chi connectivity index (χ3v) is 3.36. The van der Waals surface area contributed by atoms with Gasteiger partial charge in [0.1, 0.15) is 6.10 Å². The highest BCUT2D eigenvalue weighted by Gasteiger charge is 2.29. The fourth-order valence-corrected chi connectivity index (χ4v) is 2.29. The molecule has 14 heavy (non-hydrogen) atoms. The van der Waals surface area contributed by atoms with Crippen LogP contribution in [0.15, 0.2) is 0 Å². The van der Waals surface area contributed by atoms with Crippen LogP contribution in [0, 0.1) is 5.41 Å². The van der Waals surface area contributed by atoms with Crippen molar-refractivity contribution in [2.45, 2.75) is 44.2 Å². The number of nitrogens with zero attached hydrogens (tertiary/aromatic N) is 1. The summed E-state index contributed by atoms with van der Waals surface area (Å²) in [5, 5.41) is 7.05. The molecule has 4 nitrogen and oxygen atoms in total. The first-order chi connectivity index (χ1) is 6.75. The quantitative estimate of drug-likeness (QED) is 0.511. The Morgan fingerprint density at radius 2 is 1.86 bits per heavy atom. The van der Waals surface area contributed by atoms with Gasteiger partial charge in [0.25, 0.3) is 6.02 Å². The molecule has 0 amide bonds. The number of amidine groups is 1. The van der Waals surface area contributed by atoms with E-state index in [1.807, 2.05) is 0 Å². The second kappa shape index (κ2) is 4.17. The van der Waals surface area contributed by atoms with Crippen LogP contribution in [0.5, 0.6) is 0 Å². The van der Waals surface area contributed by atoms with Crippen molar-refractivity contribution in [3.63, 3.8) is 0 Å². The summed E-state index contributed by atoms with van der Waals surface area (Å²) in [7, 11) is 0. The summed E-state index contributed by atoms with van der Waals surface area (Å²) in [6.45, 7) is 2.23. The van der Waals surface area contributed by atoms with Gasteiger partial charge in [-0.2, -0.15) is 0 Å². The highest BCUT2D eigenvalue weighted by Crippen LogP contribution is 2.27. The third-order valence-electron chi connectivity index (χ3n) is 3.36. The van der Waals surface area contributed by atoms with Crippen molar-refractivity contribution in [2.75, 3.05) is 13.1 Å². The minimum absolute atomic E-state index is 0.132. The first kappa shape index (κ1) is 9.77. The van der Waals surface area contributed by atoms with Gasteiger partial charge in [0, 0.05) is 19.1 Å². The number of hydrogen-bond acceptors (Lipinski definition) is 3. The van der Waals surface area contributed by atoms with Gasteiger partial charge < -0.3 is 15.4 Å². The zero-order valence-electron chi connectivity index (χ0n) is 8.54. The predicted molar refractivity (Wildman–Crippen MR) is 55.2 cm³/mol. The molecule has 1 heterocycles. The second-order valence-corrected chi connectivity index (χ2v) is 4.30. The molecule has 1 saturated carbocycles. The minimum atomic E-state index is -0.132. The Hall–Kier alpha value is -0.770. The molecule has 80 valence electrons. The van der Waals surface area contributed by atoms with Gasteiger partial charge >= 0.3 is 0 Å². The lowest BCUT2D eigenvalue weighted by atomic mass is 9.90. The van der Waals surface area contributed by atoms with E-state index in [-0.39, 0.29) is 12.1 Å². The van der Waals surface area contributed by atoms with Gasteiger partial charge in [-0.3, -0.25) is 5.41 Å². The van der Waals surface area contributed by atoms with E-state index in [1.165, 1.54) is 19.3 Å². The standard InChI is InChI=1S/C10H19N3O/c11-10(12)14-9-4-6-13(7-5-9)8-2-1-3-8/h8-9H,1-7H2,(H3,11,12). The fraction of sp³-hybridized carbons (Fsp3) is 0.900. The van der Waals surface area contributed by atoms with Crippen LogP contribution in [0.2, 0.25) is 0 Å². The van der Waals surface area contributed by atoms with Crippen LogP contribution >= 0.6 is 0 Å². The zero-order valence-corrected chi connectivity index (χ0v) is 8.54. The van der Waals surface area contributed by atoms with E-state index in [2.05, 4.69) is 4.90 Å². The Balaban J connectivity index is 1.71. The number of rotatable bonds is 2. The molecule has 0 bridgehead atoms. The Bertz CT molecular complexity index is 207. The van der Waals surface area contributed by atoms with E-state index in [9.17, 15) is 0 Å². The molecular weight excluding hydrogens is 178 g/mol. The molecule has 0 aromatic heterocycles. The Labute approximate surface area is 84.9 Å². The molecule has 3 N–H and O–H groups in total. The van der Waals surface area contributed by atoms with Gasteiger partial charge in [-0.05, 0) is 25.7 Å². The van der Waals surface area contributed by atoms with Crippen molar-refractivity contribution in [1.82, 2.24) is 4.90 Å². The van der Waals surface area contributed by atoms with E-state index < -0.39 is 0 Å². The Morgan fingerprint density at radius 3 is 2.29 bits per heavy atom. The van der Waals surface area contributed by atoms with E-state index >= 15 is 0 Å². The van der Waals surface area contributed by atoms with Crippen LogP contribution in [0.4, 0.5) is 0 Å². The van der Waals surface area contributed by atoms with E-state index in [0.29, 0.717) is 0 Å². The van der Waals surface area contributed by atoms with Crippen LogP contribution in [-0.4, -0.2) is 36.2 Å². The Kier molecular flexibility index (Phi) is 2.91. The summed E-state index contributed by atoms with van der Waals surface area (Å²) in [6, 6.07) is 0.709. The molecule has 1 saturated heterocycles. The molecule has 2 rings (SSSR count). The summed E-state index contributed by atoms with van der Waals surface area (Å²) in [5.74, 6) is 0. The summed E-state index contributed by atoms with van der Waals surface area (Å²) < 4.78 is 5.21. The molecule has 0 spiro atoms. The van der Waals surface area contributed by atoms with Crippen LogP contribution in [-0.2, 0) is 4.74 Å². The molecule has 2 aliphatic rings. The average Bonchev–Trinajstić information content (AvgIpc) is 2.04. The number of ether oxygens (including phenoxy) is 1. The lowest BCUT2D eigenvalue weighted by molar-refractivity contribution is 0.0431.